The predicted molar refractivity (Wildman–Crippen MR) is 96.8 cm³/mol. The van der Waals surface area contributed by atoms with Gasteiger partial charge in [0, 0.05) is 38.4 Å². The number of likely N-dealkylation sites (tertiary alicyclic amines) is 1. The van der Waals surface area contributed by atoms with Crippen molar-refractivity contribution in [3.05, 3.63) is 17.5 Å². The molecule has 5 nitrogen and oxygen atoms in total. The van der Waals surface area contributed by atoms with Crippen LogP contribution < -0.4 is 5.32 Å². The van der Waals surface area contributed by atoms with Gasteiger partial charge in [-0.05, 0) is 51.5 Å². The zero-order valence-corrected chi connectivity index (χ0v) is 15.5. The minimum atomic E-state index is 0.748. The van der Waals surface area contributed by atoms with Crippen LogP contribution in [0.25, 0.3) is 0 Å². The normalized spacial score (nSPS) is 22.5. The number of piperidine rings is 1. The maximum Gasteiger partial charge on any atom is 0.193 e. The fraction of sp³-hybridized carbons (Fsp3) is 0.778. The maximum atomic E-state index is 4.85. The maximum absolute atomic E-state index is 4.85. The van der Waals surface area contributed by atoms with E-state index in [9.17, 15) is 0 Å². The molecule has 1 saturated heterocycles. The highest BCUT2D eigenvalue weighted by Crippen LogP contribution is 2.20. The molecule has 2 rings (SSSR count). The molecule has 1 aromatic heterocycles. The van der Waals surface area contributed by atoms with E-state index in [1.165, 1.54) is 12.1 Å². The smallest absolute Gasteiger partial charge is 0.193 e. The van der Waals surface area contributed by atoms with Crippen LogP contribution in [-0.2, 0) is 6.54 Å². The first-order valence-electron chi connectivity index (χ1n) is 9.04. The van der Waals surface area contributed by atoms with Crippen LogP contribution in [0.1, 0.15) is 45.0 Å². The fourth-order valence-corrected chi connectivity index (χ4v) is 3.57. The van der Waals surface area contributed by atoms with Crippen LogP contribution in [0.2, 0.25) is 0 Å². The summed E-state index contributed by atoms with van der Waals surface area (Å²) < 4.78 is 2.09. The van der Waals surface area contributed by atoms with Crippen LogP contribution in [0.5, 0.6) is 0 Å². The lowest BCUT2D eigenvalue weighted by Crippen LogP contribution is -2.48. The van der Waals surface area contributed by atoms with Crippen molar-refractivity contribution >= 4 is 5.96 Å². The SMILES string of the molecule is CCNC(=NCCCn1nc(C)cc1C)N1CC(C)CC(C)C1. The average molecular weight is 319 g/mol. The van der Waals surface area contributed by atoms with Gasteiger partial charge in [-0.15, -0.1) is 0 Å². The fourth-order valence-electron chi connectivity index (χ4n) is 3.57. The Morgan fingerprint density at radius 1 is 1.30 bits per heavy atom. The summed E-state index contributed by atoms with van der Waals surface area (Å²) >= 11 is 0. The van der Waals surface area contributed by atoms with Crippen molar-refractivity contribution < 1.29 is 0 Å². The number of aliphatic imine (C=N–C) groups is 1. The first-order chi connectivity index (χ1) is 11.0. The molecule has 0 spiro atoms. The Balaban J connectivity index is 1.89. The lowest BCUT2D eigenvalue weighted by Gasteiger charge is -2.37. The first kappa shape index (κ1) is 17.8. The van der Waals surface area contributed by atoms with Gasteiger partial charge in [-0.25, -0.2) is 0 Å². The number of guanidine groups is 1. The predicted octanol–water partition coefficient (Wildman–Crippen LogP) is 2.83. The van der Waals surface area contributed by atoms with E-state index in [-0.39, 0.29) is 0 Å². The second-order valence-electron chi connectivity index (χ2n) is 7.09. The summed E-state index contributed by atoms with van der Waals surface area (Å²) in [5.74, 6) is 2.58. The Morgan fingerprint density at radius 2 is 2.00 bits per heavy atom. The van der Waals surface area contributed by atoms with E-state index in [1.807, 2.05) is 6.92 Å². The highest BCUT2D eigenvalue weighted by atomic mass is 15.3. The molecule has 1 fully saturated rings. The molecule has 1 aromatic rings. The molecule has 1 aliphatic rings. The minimum absolute atomic E-state index is 0.748. The van der Waals surface area contributed by atoms with Gasteiger partial charge in [0.15, 0.2) is 5.96 Å². The minimum Gasteiger partial charge on any atom is -0.357 e. The summed E-state index contributed by atoms with van der Waals surface area (Å²) in [5, 5.41) is 7.98. The average Bonchev–Trinajstić information content (AvgIpc) is 2.79. The van der Waals surface area contributed by atoms with Gasteiger partial charge in [0.1, 0.15) is 0 Å². The van der Waals surface area contributed by atoms with Crippen LogP contribution in [0.4, 0.5) is 0 Å². The Hall–Kier alpha value is -1.52. The van der Waals surface area contributed by atoms with Gasteiger partial charge in [0.25, 0.3) is 0 Å². The molecule has 0 bridgehead atoms. The third-order valence-corrected chi connectivity index (χ3v) is 4.40. The standard InChI is InChI=1S/C18H33N5/c1-6-19-18(22-12-14(2)10-15(3)13-22)20-8-7-9-23-17(5)11-16(4)21-23/h11,14-15H,6-10,12-13H2,1-5H3,(H,19,20). The molecule has 23 heavy (non-hydrogen) atoms. The van der Waals surface area contributed by atoms with Crippen LogP contribution in [0.3, 0.4) is 0 Å². The number of rotatable bonds is 5. The molecule has 5 heteroatoms. The number of hydrogen-bond acceptors (Lipinski definition) is 2. The second kappa shape index (κ2) is 8.37. The quantitative estimate of drug-likeness (QED) is 0.516. The van der Waals surface area contributed by atoms with Crippen molar-refractivity contribution in [2.45, 2.75) is 54.0 Å². The molecule has 0 saturated carbocycles. The molecule has 2 unspecified atom stereocenters. The molecule has 0 aliphatic carbocycles. The zero-order valence-electron chi connectivity index (χ0n) is 15.5. The van der Waals surface area contributed by atoms with Gasteiger partial charge in [0.05, 0.1) is 5.69 Å². The Kier molecular flexibility index (Phi) is 6.48. The first-order valence-corrected chi connectivity index (χ1v) is 9.04. The zero-order chi connectivity index (χ0) is 16.8. The van der Waals surface area contributed by atoms with Gasteiger partial charge in [-0.2, -0.15) is 5.10 Å². The largest absolute Gasteiger partial charge is 0.357 e. The number of hydrogen-bond donors (Lipinski definition) is 1. The summed E-state index contributed by atoms with van der Waals surface area (Å²) in [6.45, 7) is 15.9. The van der Waals surface area contributed by atoms with Crippen LogP contribution >= 0.6 is 0 Å². The highest BCUT2D eigenvalue weighted by Gasteiger charge is 2.23. The number of aryl methyl sites for hydroxylation is 3. The van der Waals surface area contributed by atoms with Gasteiger partial charge >= 0.3 is 0 Å². The molecule has 0 aromatic carbocycles. The molecule has 0 radical (unpaired) electrons. The Morgan fingerprint density at radius 3 is 2.57 bits per heavy atom. The summed E-state index contributed by atoms with van der Waals surface area (Å²) in [7, 11) is 0. The van der Waals surface area contributed by atoms with E-state index in [1.54, 1.807) is 0 Å². The second-order valence-corrected chi connectivity index (χ2v) is 7.09. The van der Waals surface area contributed by atoms with Gasteiger partial charge in [-0.3, -0.25) is 9.67 Å². The van der Waals surface area contributed by atoms with E-state index < -0.39 is 0 Å². The Bertz CT molecular complexity index is 509. The summed E-state index contributed by atoms with van der Waals surface area (Å²) in [5.41, 5.74) is 2.33. The summed E-state index contributed by atoms with van der Waals surface area (Å²) in [6, 6.07) is 2.13. The lowest BCUT2D eigenvalue weighted by atomic mass is 9.92. The lowest BCUT2D eigenvalue weighted by molar-refractivity contribution is 0.208. The van der Waals surface area contributed by atoms with Crippen molar-refractivity contribution in [2.75, 3.05) is 26.2 Å². The van der Waals surface area contributed by atoms with E-state index in [0.29, 0.717) is 0 Å². The molecule has 1 N–H and O–H groups in total. The summed E-state index contributed by atoms with van der Waals surface area (Å²) in [4.78, 5) is 7.28. The van der Waals surface area contributed by atoms with Crippen LogP contribution in [-0.4, -0.2) is 46.8 Å². The number of aromatic nitrogens is 2. The van der Waals surface area contributed by atoms with Crippen molar-refractivity contribution in [1.29, 1.82) is 0 Å². The summed E-state index contributed by atoms with van der Waals surface area (Å²) in [6.07, 6.45) is 2.35. The van der Waals surface area contributed by atoms with E-state index in [4.69, 9.17) is 4.99 Å². The van der Waals surface area contributed by atoms with E-state index >= 15 is 0 Å². The van der Waals surface area contributed by atoms with Crippen LogP contribution in [0.15, 0.2) is 11.1 Å². The van der Waals surface area contributed by atoms with E-state index in [2.05, 4.69) is 53.8 Å². The Labute approximate surface area is 141 Å². The molecule has 1 aliphatic heterocycles. The highest BCUT2D eigenvalue weighted by molar-refractivity contribution is 5.80. The van der Waals surface area contributed by atoms with Crippen molar-refractivity contribution in [3.8, 4) is 0 Å². The molecule has 2 heterocycles. The molecule has 0 amide bonds. The molecule has 130 valence electrons. The van der Waals surface area contributed by atoms with Gasteiger partial charge in [0.2, 0.25) is 0 Å². The number of nitrogens with zero attached hydrogens (tertiary/aromatic N) is 4. The number of nitrogens with one attached hydrogen (secondary N) is 1. The van der Waals surface area contributed by atoms with Crippen molar-refractivity contribution in [3.63, 3.8) is 0 Å². The molecule has 2 atom stereocenters. The third-order valence-electron chi connectivity index (χ3n) is 4.40. The third kappa shape index (κ3) is 5.26. The monoisotopic (exact) mass is 319 g/mol. The van der Waals surface area contributed by atoms with Crippen LogP contribution in [0, 0.1) is 25.7 Å². The van der Waals surface area contributed by atoms with E-state index in [0.717, 1.165) is 62.6 Å². The molecular weight excluding hydrogens is 286 g/mol. The van der Waals surface area contributed by atoms with Gasteiger partial charge in [-0.1, -0.05) is 13.8 Å². The van der Waals surface area contributed by atoms with Crippen molar-refractivity contribution in [2.24, 2.45) is 16.8 Å². The van der Waals surface area contributed by atoms with Gasteiger partial charge < -0.3 is 10.2 Å². The molecular formula is C18H33N5. The van der Waals surface area contributed by atoms with Crippen molar-refractivity contribution in [1.82, 2.24) is 20.0 Å². The topological polar surface area (TPSA) is 45.5 Å².